The second kappa shape index (κ2) is 21.5. The van der Waals surface area contributed by atoms with Gasteiger partial charge in [0.05, 0.1) is 0 Å². The molecule has 0 aromatic carbocycles. The zero-order valence-corrected chi connectivity index (χ0v) is 14.6. The summed E-state index contributed by atoms with van der Waals surface area (Å²) in [6.45, 7) is 3.14. The van der Waals surface area contributed by atoms with Crippen molar-refractivity contribution >= 4 is 0 Å². The molecule has 0 saturated carbocycles. The molecule has 0 saturated heterocycles. The summed E-state index contributed by atoms with van der Waals surface area (Å²) >= 11 is 0. The van der Waals surface area contributed by atoms with Crippen LogP contribution in [0.3, 0.4) is 0 Å². The number of rotatable bonds is 15. The Labute approximate surface area is 138 Å². The van der Waals surface area contributed by atoms with Gasteiger partial charge in [-0.05, 0) is 38.6 Å². The standard InChI is InChI=1S/C18H37N.Ni/c1-2-3-4-5-6-7-8-9-10-11-12-13-14-15-16-17-18-19;/h9-10H,2-8,11-19H2,1H3;/b10-9-;. The average molecular weight is 326 g/mol. The first-order chi connectivity index (χ1) is 9.41. The topological polar surface area (TPSA) is 26.0 Å². The monoisotopic (exact) mass is 325 g/mol. The van der Waals surface area contributed by atoms with Crippen LogP contribution in [0.25, 0.3) is 0 Å². The van der Waals surface area contributed by atoms with E-state index in [0.717, 1.165) is 6.54 Å². The fourth-order valence-corrected chi connectivity index (χ4v) is 2.39. The summed E-state index contributed by atoms with van der Waals surface area (Å²) in [5.41, 5.74) is 5.47. The number of allylic oxidation sites excluding steroid dienone is 2. The second-order valence-electron chi connectivity index (χ2n) is 5.73. The van der Waals surface area contributed by atoms with Crippen LogP contribution in [-0.2, 0) is 16.5 Å². The number of hydrogen-bond acceptors (Lipinski definition) is 1. The fourth-order valence-electron chi connectivity index (χ4n) is 2.39. The van der Waals surface area contributed by atoms with Crippen LogP contribution in [0.5, 0.6) is 0 Å². The largest absolute Gasteiger partial charge is 0.330 e. The van der Waals surface area contributed by atoms with E-state index in [-0.39, 0.29) is 16.5 Å². The zero-order chi connectivity index (χ0) is 14.0. The molecular formula is C18H37NNi. The number of nitrogens with two attached hydrogens (primary N) is 1. The maximum Gasteiger partial charge on any atom is 0 e. The van der Waals surface area contributed by atoms with Gasteiger partial charge in [-0.25, -0.2) is 0 Å². The fraction of sp³-hybridized carbons (Fsp3) is 0.889. The van der Waals surface area contributed by atoms with Gasteiger partial charge in [-0.3, -0.25) is 0 Å². The quantitative estimate of drug-likeness (QED) is 0.224. The van der Waals surface area contributed by atoms with E-state index in [0.29, 0.717) is 0 Å². The minimum absolute atomic E-state index is 0. The first kappa shape index (κ1) is 22.5. The van der Waals surface area contributed by atoms with E-state index < -0.39 is 0 Å². The van der Waals surface area contributed by atoms with E-state index in [1.807, 2.05) is 0 Å². The van der Waals surface area contributed by atoms with Gasteiger partial charge in [-0.15, -0.1) is 0 Å². The molecule has 0 aromatic heterocycles. The van der Waals surface area contributed by atoms with Gasteiger partial charge in [0.2, 0.25) is 0 Å². The first-order valence-electron chi connectivity index (χ1n) is 8.77. The Morgan fingerprint density at radius 2 is 1.00 bits per heavy atom. The van der Waals surface area contributed by atoms with Gasteiger partial charge in [0.15, 0.2) is 0 Å². The minimum atomic E-state index is 0. The van der Waals surface area contributed by atoms with E-state index in [2.05, 4.69) is 19.1 Å². The molecule has 0 spiro atoms. The normalized spacial score (nSPS) is 10.9. The molecule has 0 fully saturated rings. The van der Waals surface area contributed by atoms with Crippen LogP contribution in [0, 0.1) is 0 Å². The Balaban J connectivity index is 0. The molecule has 1 nitrogen and oxygen atoms in total. The van der Waals surface area contributed by atoms with Gasteiger partial charge in [-0.2, -0.15) is 0 Å². The maximum atomic E-state index is 5.47. The number of hydrogen-bond donors (Lipinski definition) is 1. The Morgan fingerprint density at radius 3 is 1.45 bits per heavy atom. The summed E-state index contributed by atoms with van der Waals surface area (Å²) in [4.78, 5) is 0. The molecule has 20 heavy (non-hydrogen) atoms. The van der Waals surface area contributed by atoms with Gasteiger partial charge in [0.1, 0.15) is 0 Å². The summed E-state index contributed by atoms with van der Waals surface area (Å²) in [5, 5.41) is 0. The van der Waals surface area contributed by atoms with Crippen LogP contribution in [-0.4, -0.2) is 6.54 Å². The maximum absolute atomic E-state index is 5.47. The van der Waals surface area contributed by atoms with Crippen molar-refractivity contribution in [3.63, 3.8) is 0 Å². The molecule has 0 aliphatic carbocycles. The molecule has 0 bridgehead atoms. The smallest absolute Gasteiger partial charge is 0 e. The molecule has 0 aromatic rings. The van der Waals surface area contributed by atoms with Crippen LogP contribution in [0.15, 0.2) is 12.2 Å². The van der Waals surface area contributed by atoms with Crippen molar-refractivity contribution in [1.29, 1.82) is 0 Å². The summed E-state index contributed by atoms with van der Waals surface area (Å²) in [6.07, 6.45) is 23.9. The zero-order valence-electron chi connectivity index (χ0n) is 13.7. The molecule has 0 heterocycles. The summed E-state index contributed by atoms with van der Waals surface area (Å²) in [5.74, 6) is 0. The van der Waals surface area contributed by atoms with Crippen LogP contribution < -0.4 is 5.73 Å². The van der Waals surface area contributed by atoms with Crippen LogP contribution >= 0.6 is 0 Å². The van der Waals surface area contributed by atoms with Crippen molar-refractivity contribution in [2.24, 2.45) is 5.73 Å². The Bertz CT molecular complexity index is 180. The summed E-state index contributed by atoms with van der Waals surface area (Å²) < 4.78 is 0. The van der Waals surface area contributed by atoms with Gasteiger partial charge in [0.25, 0.3) is 0 Å². The van der Waals surface area contributed by atoms with Crippen LogP contribution in [0.1, 0.15) is 96.8 Å². The van der Waals surface area contributed by atoms with Gasteiger partial charge < -0.3 is 5.73 Å². The van der Waals surface area contributed by atoms with Crippen molar-refractivity contribution in [3.05, 3.63) is 12.2 Å². The van der Waals surface area contributed by atoms with E-state index in [4.69, 9.17) is 5.73 Å². The summed E-state index contributed by atoms with van der Waals surface area (Å²) in [6, 6.07) is 0. The van der Waals surface area contributed by atoms with Gasteiger partial charge >= 0.3 is 0 Å². The van der Waals surface area contributed by atoms with E-state index in [9.17, 15) is 0 Å². The molecule has 124 valence electrons. The molecule has 2 N–H and O–H groups in total. The predicted molar refractivity (Wildman–Crippen MR) is 88.5 cm³/mol. The Hall–Kier alpha value is 0.194. The third kappa shape index (κ3) is 20.5. The summed E-state index contributed by atoms with van der Waals surface area (Å²) in [7, 11) is 0. The van der Waals surface area contributed by atoms with Gasteiger partial charge in [0, 0.05) is 16.5 Å². The first-order valence-corrected chi connectivity index (χ1v) is 8.77. The third-order valence-electron chi connectivity index (χ3n) is 3.72. The molecule has 0 aliphatic heterocycles. The molecule has 2 heteroatoms. The Kier molecular flexibility index (Phi) is 24.1. The molecule has 0 unspecified atom stereocenters. The van der Waals surface area contributed by atoms with E-state index >= 15 is 0 Å². The van der Waals surface area contributed by atoms with E-state index in [1.165, 1.54) is 89.9 Å². The minimum Gasteiger partial charge on any atom is -0.330 e. The molecule has 0 rings (SSSR count). The molecular weight excluding hydrogens is 289 g/mol. The van der Waals surface area contributed by atoms with Crippen molar-refractivity contribution in [1.82, 2.24) is 0 Å². The van der Waals surface area contributed by atoms with Crippen molar-refractivity contribution in [3.8, 4) is 0 Å². The van der Waals surface area contributed by atoms with Gasteiger partial charge in [-0.1, -0.05) is 76.9 Å². The molecule has 0 amide bonds. The van der Waals surface area contributed by atoms with E-state index in [1.54, 1.807) is 0 Å². The van der Waals surface area contributed by atoms with Crippen molar-refractivity contribution < 1.29 is 16.5 Å². The molecule has 0 aliphatic rings. The SMILES string of the molecule is CCCCCCCC/C=C\CCCCCCCCN.[Ni]. The average Bonchev–Trinajstić information content (AvgIpc) is 2.43. The van der Waals surface area contributed by atoms with Crippen molar-refractivity contribution in [2.45, 2.75) is 96.8 Å². The Morgan fingerprint density at radius 1 is 0.600 bits per heavy atom. The molecule has 0 atom stereocenters. The second-order valence-corrected chi connectivity index (χ2v) is 5.73. The van der Waals surface area contributed by atoms with Crippen LogP contribution in [0.2, 0.25) is 0 Å². The third-order valence-corrected chi connectivity index (χ3v) is 3.72. The molecule has 0 radical (unpaired) electrons. The predicted octanol–water partition coefficient (Wildman–Crippen LogP) is 5.98. The van der Waals surface area contributed by atoms with Crippen LogP contribution in [0.4, 0.5) is 0 Å². The van der Waals surface area contributed by atoms with Crippen molar-refractivity contribution in [2.75, 3.05) is 6.54 Å². The number of unbranched alkanes of at least 4 members (excludes halogenated alkanes) is 12.